The van der Waals surface area contributed by atoms with Gasteiger partial charge in [-0.2, -0.15) is 0 Å². The van der Waals surface area contributed by atoms with Crippen LogP contribution in [0.15, 0.2) is 156 Å². The number of carbonyl (C=O) groups is 2. The Hall–Kier alpha value is -6.68. The van der Waals surface area contributed by atoms with Crippen LogP contribution in [-0.4, -0.2) is 43.7 Å². The van der Waals surface area contributed by atoms with Crippen molar-refractivity contribution in [2.75, 3.05) is 0 Å². The van der Waals surface area contributed by atoms with Crippen LogP contribution in [0.1, 0.15) is 47.2 Å². The highest BCUT2D eigenvalue weighted by Gasteiger charge is 2.24. The predicted molar refractivity (Wildman–Crippen MR) is 199 cm³/mol. The highest BCUT2D eigenvalue weighted by Crippen LogP contribution is 2.37. The van der Waals surface area contributed by atoms with Crippen LogP contribution in [-0.2, 0) is 22.7 Å². The summed E-state index contributed by atoms with van der Waals surface area (Å²) in [6, 6.07) is 35.4. The van der Waals surface area contributed by atoms with Crippen molar-refractivity contribution in [1.29, 1.82) is 0 Å². The number of rotatable bonds is 15. The van der Waals surface area contributed by atoms with E-state index >= 15 is 0 Å². The van der Waals surface area contributed by atoms with Gasteiger partial charge in [-0.15, -0.1) is 0 Å². The highest BCUT2D eigenvalue weighted by atomic mass is 16.5. The van der Waals surface area contributed by atoms with Gasteiger partial charge in [-0.1, -0.05) is 72.8 Å². The Morgan fingerprint density at radius 1 is 0.538 bits per heavy atom. The minimum Gasteiger partial charge on any atom is -0.504 e. The summed E-state index contributed by atoms with van der Waals surface area (Å²) in [5.41, 5.74) is 2.42. The number of phenols is 2. The van der Waals surface area contributed by atoms with Gasteiger partial charge in [0.2, 0.25) is 0 Å². The third-order valence-electron chi connectivity index (χ3n) is 8.32. The van der Waals surface area contributed by atoms with Crippen molar-refractivity contribution in [3.8, 4) is 23.0 Å². The molecule has 262 valence electrons. The topological polar surface area (TPSA) is 128 Å². The number of para-hydroxylation sites is 2. The Labute approximate surface area is 301 Å². The largest absolute Gasteiger partial charge is 0.504 e. The van der Waals surface area contributed by atoms with E-state index in [1.54, 1.807) is 36.7 Å². The van der Waals surface area contributed by atoms with Crippen molar-refractivity contribution in [2.45, 2.75) is 38.0 Å². The molecule has 52 heavy (non-hydrogen) atoms. The fourth-order valence-corrected chi connectivity index (χ4v) is 5.60. The fourth-order valence-electron chi connectivity index (χ4n) is 5.60. The molecule has 2 atom stereocenters. The Balaban J connectivity index is 1.26. The number of esters is 2. The summed E-state index contributed by atoms with van der Waals surface area (Å²) in [6.07, 6.45) is 10.8. The van der Waals surface area contributed by atoms with Crippen molar-refractivity contribution in [2.24, 2.45) is 9.98 Å². The van der Waals surface area contributed by atoms with Gasteiger partial charge in [-0.3, -0.25) is 19.6 Å². The van der Waals surface area contributed by atoms with Crippen molar-refractivity contribution in [3.05, 3.63) is 168 Å². The number of carbonyl (C=O) groups excluding carboxylic acids is 2. The van der Waals surface area contributed by atoms with E-state index in [0.29, 0.717) is 24.2 Å². The van der Waals surface area contributed by atoms with Crippen molar-refractivity contribution >= 4 is 24.4 Å². The number of hydrogen-bond donors (Lipinski definition) is 2. The summed E-state index contributed by atoms with van der Waals surface area (Å²) in [5, 5.41) is 22.2. The molecule has 0 amide bonds. The zero-order valence-corrected chi connectivity index (χ0v) is 28.3. The molecule has 6 aromatic rings. The Morgan fingerprint density at radius 2 is 0.923 bits per heavy atom. The molecule has 0 fully saturated rings. The highest BCUT2D eigenvalue weighted by molar-refractivity contribution is 5.87. The molecule has 4 aromatic carbocycles. The molecule has 10 heteroatoms. The quantitative estimate of drug-likeness (QED) is 0.0644. The van der Waals surface area contributed by atoms with Gasteiger partial charge < -0.3 is 28.8 Å². The second-order valence-electron chi connectivity index (χ2n) is 11.9. The Morgan fingerprint density at radius 3 is 1.31 bits per heavy atom. The molecular weight excluding hydrogens is 656 g/mol. The van der Waals surface area contributed by atoms with E-state index in [9.17, 15) is 19.8 Å². The first-order chi connectivity index (χ1) is 25.4. The van der Waals surface area contributed by atoms with Crippen LogP contribution in [0, 0.1) is 0 Å². The lowest BCUT2D eigenvalue weighted by Crippen LogP contribution is -2.12. The zero-order chi connectivity index (χ0) is 36.1. The number of aromatic nitrogens is 2. The maximum absolute atomic E-state index is 12.6. The van der Waals surface area contributed by atoms with E-state index in [0.717, 1.165) is 11.1 Å². The molecule has 10 nitrogen and oxygen atoms in total. The average molecular weight is 695 g/mol. The lowest BCUT2D eigenvalue weighted by molar-refractivity contribution is -0.135. The van der Waals surface area contributed by atoms with Gasteiger partial charge in [-0.25, -0.2) is 0 Å². The lowest BCUT2D eigenvalue weighted by Gasteiger charge is -2.22. The second-order valence-corrected chi connectivity index (χ2v) is 11.9. The normalized spacial score (nSPS) is 12.5. The van der Waals surface area contributed by atoms with Gasteiger partial charge in [0.05, 0.1) is 12.8 Å². The second kappa shape index (κ2) is 17.3. The minimum atomic E-state index is -0.580. The molecule has 2 heterocycles. The van der Waals surface area contributed by atoms with Crippen LogP contribution in [0.4, 0.5) is 0 Å². The average Bonchev–Trinajstić information content (AvgIpc) is 3.90. The van der Waals surface area contributed by atoms with Crippen LogP contribution >= 0.6 is 0 Å². The zero-order valence-electron chi connectivity index (χ0n) is 28.3. The first kappa shape index (κ1) is 35.2. The van der Waals surface area contributed by atoms with E-state index in [2.05, 4.69) is 0 Å². The number of aromatic hydroxyl groups is 2. The molecule has 0 aliphatic heterocycles. The summed E-state index contributed by atoms with van der Waals surface area (Å²) in [7, 11) is 0. The Kier molecular flexibility index (Phi) is 11.7. The van der Waals surface area contributed by atoms with E-state index in [-0.39, 0.29) is 35.8 Å². The predicted octanol–water partition coefficient (Wildman–Crippen LogP) is 7.71. The molecule has 0 radical (unpaired) electrons. The van der Waals surface area contributed by atoms with E-state index in [1.165, 1.54) is 12.1 Å². The molecule has 2 N–H and O–H groups in total. The number of benzene rings is 4. The summed E-state index contributed by atoms with van der Waals surface area (Å²) < 4.78 is 14.8. The van der Waals surface area contributed by atoms with Crippen LogP contribution < -0.4 is 9.47 Å². The van der Waals surface area contributed by atoms with E-state index in [1.807, 2.05) is 119 Å². The monoisotopic (exact) mass is 694 g/mol. The first-order valence-corrected chi connectivity index (χ1v) is 16.9. The molecular formula is C42H38N4O6. The van der Waals surface area contributed by atoms with Gasteiger partial charge in [-0.05, 0) is 59.7 Å². The van der Waals surface area contributed by atoms with Gasteiger partial charge in [0.1, 0.15) is 12.1 Å². The van der Waals surface area contributed by atoms with Crippen molar-refractivity contribution in [1.82, 2.24) is 9.13 Å². The van der Waals surface area contributed by atoms with E-state index in [4.69, 9.17) is 19.5 Å². The van der Waals surface area contributed by atoms with Gasteiger partial charge in [0, 0.05) is 61.4 Å². The number of phenolic OH excluding ortho intramolecular Hbond substituents is 2. The van der Waals surface area contributed by atoms with E-state index < -0.39 is 24.0 Å². The molecule has 0 saturated carbocycles. The molecule has 0 bridgehead atoms. The minimum absolute atomic E-state index is 0.0381. The lowest BCUT2D eigenvalue weighted by atomic mass is 9.94. The van der Waals surface area contributed by atoms with Crippen LogP contribution in [0.2, 0.25) is 0 Å². The summed E-state index contributed by atoms with van der Waals surface area (Å²) in [4.78, 5) is 35.1. The molecule has 2 unspecified atom stereocenters. The van der Waals surface area contributed by atoms with Crippen LogP contribution in [0.25, 0.3) is 0 Å². The smallest absolute Gasteiger partial charge is 0.313 e. The maximum Gasteiger partial charge on any atom is 0.313 e. The van der Waals surface area contributed by atoms with Crippen LogP contribution in [0.3, 0.4) is 0 Å². The SMILES string of the molecule is O=C(CCn1cccc1)Oc1cccc(C=NC(c2ccccc2)C(N=Cc2cccc(OC(=O)CCn3cccc3)c2O)c2ccccc2)c1O. The number of ether oxygens (including phenoxy) is 2. The van der Waals surface area contributed by atoms with Gasteiger partial charge >= 0.3 is 11.9 Å². The first-order valence-electron chi connectivity index (χ1n) is 16.9. The number of nitrogens with zero attached hydrogens (tertiary/aromatic N) is 4. The maximum atomic E-state index is 12.6. The summed E-state index contributed by atoms with van der Waals surface area (Å²) in [5.74, 6) is -1.30. The fraction of sp³-hybridized carbons (Fsp3) is 0.143. The third-order valence-corrected chi connectivity index (χ3v) is 8.32. The number of aryl methyl sites for hydroxylation is 2. The van der Waals surface area contributed by atoms with Gasteiger partial charge in [0.25, 0.3) is 0 Å². The molecule has 2 aromatic heterocycles. The van der Waals surface area contributed by atoms with Crippen LogP contribution in [0.5, 0.6) is 23.0 Å². The van der Waals surface area contributed by atoms with Gasteiger partial charge in [0.15, 0.2) is 23.0 Å². The number of hydrogen-bond acceptors (Lipinski definition) is 8. The third kappa shape index (κ3) is 9.30. The summed E-state index contributed by atoms with van der Waals surface area (Å²) >= 11 is 0. The molecule has 6 rings (SSSR count). The van der Waals surface area contributed by atoms with Crippen molar-refractivity contribution in [3.63, 3.8) is 0 Å². The van der Waals surface area contributed by atoms with Crippen molar-refractivity contribution < 1.29 is 29.3 Å². The molecule has 0 spiro atoms. The Bertz CT molecular complexity index is 1960. The molecule has 0 aliphatic rings. The summed E-state index contributed by atoms with van der Waals surface area (Å²) in [6.45, 7) is 0.909. The molecule has 0 saturated heterocycles. The standard InChI is InChI=1S/C42H38N4O6/c47-37(21-27-45-23-7-8-24-45)51-35-19-11-17-33(41(35)49)29-43-39(31-13-3-1-4-14-31)40(32-15-5-2-6-16-32)44-30-34-18-12-20-36(42(34)50)52-38(48)22-28-46-25-9-10-26-46/h1-20,23-26,29-30,39-40,49-50H,21-22,27-28H2. The molecule has 0 aliphatic carbocycles. The number of aliphatic imine (C=N–C) groups is 2.